The van der Waals surface area contributed by atoms with Gasteiger partial charge >= 0.3 is 6.18 Å². The van der Waals surface area contributed by atoms with Crippen LogP contribution in [0.4, 0.5) is 24.5 Å². The lowest BCUT2D eigenvalue weighted by Crippen LogP contribution is -2.15. The Kier molecular flexibility index (Phi) is 6.59. The van der Waals surface area contributed by atoms with Gasteiger partial charge in [0.05, 0.1) is 16.2 Å². The molecule has 0 saturated heterocycles. The molecule has 0 fully saturated rings. The van der Waals surface area contributed by atoms with Gasteiger partial charge in [0.1, 0.15) is 0 Å². The minimum absolute atomic E-state index is 0.0367. The monoisotopic (exact) mass is 451 g/mol. The predicted octanol–water partition coefficient (Wildman–Crippen LogP) is 4.62. The maximum absolute atomic E-state index is 12.8. The van der Waals surface area contributed by atoms with E-state index in [2.05, 4.69) is 15.5 Å². The van der Waals surface area contributed by atoms with E-state index in [9.17, 15) is 28.1 Å². The number of halogens is 3. The molecule has 0 aliphatic heterocycles. The number of carbonyl (C=O) groups excluding carboxylic acids is 1. The fraction of sp³-hybridized carbons (Fsp3) is 0.211. The maximum Gasteiger partial charge on any atom is 0.416 e. The van der Waals surface area contributed by atoms with Crippen LogP contribution in [0.25, 0.3) is 11.4 Å². The summed E-state index contributed by atoms with van der Waals surface area (Å²) in [5, 5.41) is 21.9. The van der Waals surface area contributed by atoms with E-state index in [-0.39, 0.29) is 17.1 Å². The summed E-state index contributed by atoms with van der Waals surface area (Å²) in [5.41, 5.74) is -0.401. The van der Waals surface area contributed by atoms with Crippen molar-refractivity contribution in [1.82, 2.24) is 14.8 Å². The van der Waals surface area contributed by atoms with Crippen LogP contribution in [0.15, 0.2) is 53.7 Å². The quantitative estimate of drug-likeness (QED) is 0.319. The van der Waals surface area contributed by atoms with Crippen molar-refractivity contribution in [2.24, 2.45) is 0 Å². The summed E-state index contributed by atoms with van der Waals surface area (Å²) < 4.78 is 40.1. The first-order valence-electron chi connectivity index (χ1n) is 8.97. The van der Waals surface area contributed by atoms with Crippen LogP contribution in [-0.2, 0) is 17.5 Å². The number of rotatable bonds is 7. The van der Waals surface area contributed by atoms with E-state index in [1.54, 1.807) is 10.6 Å². The number of hydrogen-bond donors (Lipinski definition) is 1. The Bertz CT molecular complexity index is 1120. The SMILES string of the molecule is CCn1c(SCC(=O)Nc2cccc(C(F)(F)F)c2)nnc1-c1cccc([N+](=O)[O-])c1. The highest BCUT2D eigenvalue weighted by Crippen LogP contribution is 2.31. The van der Waals surface area contributed by atoms with Crippen molar-refractivity contribution in [3.63, 3.8) is 0 Å². The van der Waals surface area contributed by atoms with Crippen LogP contribution in [-0.4, -0.2) is 31.3 Å². The first-order chi connectivity index (χ1) is 14.7. The normalized spacial score (nSPS) is 11.4. The Morgan fingerprint density at radius 1 is 1.19 bits per heavy atom. The van der Waals surface area contributed by atoms with Gasteiger partial charge in [0, 0.05) is 29.9 Å². The van der Waals surface area contributed by atoms with Gasteiger partial charge in [-0.1, -0.05) is 30.0 Å². The molecule has 0 atom stereocenters. The van der Waals surface area contributed by atoms with Crippen molar-refractivity contribution in [1.29, 1.82) is 0 Å². The van der Waals surface area contributed by atoms with Crippen molar-refractivity contribution >= 4 is 29.0 Å². The molecule has 0 bridgehead atoms. The highest BCUT2D eigenvalue weighted by molar-refractivity contribution is 7.99. The van der Waals surface area contributed by atoms with Gasteiger partial charge in [-0.2, -0.15) is 13.2 Å². The molecular weight excluding hydrogens is 435 g/mol. The summed E-state index contributed by atoms with van der Waals surface area (Å²) in [4.78, 5) is 22.7. The Morgan fingerprint density at radius 2 is 1.94 bits per heavy atom. The van der Waals surface area contributed by atoms with Gasteiger partial charge in [-0.05, 0) is 25.1 Å². The summed E-state index contributed by atoms with van der Waals surface area (Å²) in [5.74, 6) is -0.206. The number of carbonyl (C=O) groups is 1. The number of thioether (sulfide) groups is 1. The topological polar surface area (TPSA) is 103 Å². The fourth-order valence-corrected chi connectivity index (χ4v) is 3.56. The number of amides is 1. The minimum Gasteiger partial charge on any atom is -0.325 e. The minimum atomic E-state index is -4.50. The van der Waals surface area contributed by atoms with Gasteiger partial charge < -0.3 is 9.88 Å². The van der Waals surface area contributed by atoms with Crippen LogP contribution < -0.4 is 5.32 Å². The molecule has 0 aliphatic carbocycles. The zero-order chi connectivity index (χ0) is 22.6. The van der Waals surface area contributed by atoms with E-state index in [0.717, 1.165) is 23.9 Å². The molecule has 2 aromatic carbocycles. The first kappa shape index (κ1) is 22.3. The summed E-state index contributed by atoms with van der Waals surface area (Å²) in [7, 11) is 0. The third-order valence-electron chi connectivity index (χ3n) is 4.15. The van der Waals surface area contributed by atoms with Crippen LogP contribution in [0.5, 0.6) is 0 Å². The fourth-order valence-electron chi connectivity index (χ4n) is 2.75. The maximum atomic E-state index is 12.8. The Hall–Kier alpha value is -3.41. The number of non-ortho nitro benzene ring substituents is 1. The summed E-state index contributed by atoms with van der Waals surface area (Å²) in [6.07, 6.45) is -4.50. The smallest absolute Gasteiger partial charge is 0.325 e. The molecule has 8 nitrogen and oxygen atoms in total. The van der Waals surface area contributed by atoms with E-state index in [0.29, 0.717) is 23.1 Å². The van der Waals surface area contributed by atoms with Gasteiger partial charge in [-0.3, -0.25) is 14.9 Å². The van der Waals surface area contributed by atoms with Crippen LogP contribution in [0, 0.1) is 10.1 Å². The van der Waals surface area contributed by atoms with Gasteiger partial charge in [-0.15, -0.1) is 10.2 Å². The van der Waals surface area contributed by atoms with Crippen LogP contribution in [0.1, 0.15) is 12.5 Å². The molecule has 12 heteroatoms. The highest BCUT2D eigenvalue weighted by atomic mass is 32.2. The lowest BCUT2D eigenvalue weighted by molar-refractivity contribution is -0.384. The van der Waals surface area contributed by atoms with Gasteiger partial charge in [-0.25, -0.2) is 0 Å². The summed E-state index contributed by atoms with van der Waals surface area (Å²) >= 11 is 1.06. The number of nitro benzene ring substituents is 1. The molecule has 1 aromatic heterocycles. The average Bonchev–Trinajstić information content (AvgIpc) is 3.15. The number of nitrogens with zero attached hydrogens (tertiary/aromatic N) is 4. The highest BCUT2D eigenvalue weighted by Gasteiger charge is 2.30. The standard InChI is InChI=1S/C19H16F3N5O3S/c1-2-26-17(12-5-3-8-15(9-12)27(29)30)24-25-18(26)31-11-16(28)23-14-7-4-6-13(10-14)19(20,21)22/h3-10H,2,11H2,1H3,(H,23,28). The molecule has 31 heavy (non-hydrogen) atoms. The summed E-state index contributed by atoms with van der Waals surface area (Å²) in [6, 6.07) is 10.3. The van der Waals surface area contributed by atoms with Crippen LogP contribution in [0.3, 0.4) is 0 Å². The number of nitro groups is 1. The molecule has 1 amide bonds. The molecule has 0 radical (unpaired) electrons. The lowest BCUT2D eigenvalue weighted by Gasteiger charge is -2.10. The molecule has 1 N–H and O–H groups in total. The second-order valence-electron chi connectivity index (χ2n) is 6.27. The van der Waals surface area contributed by atoms with E-state index in [4.69, 9.17) is 0 Å². The third kappa shape index (κ3) is 5.40. The third-order valence-corrected chi connectivity index (χ3v) is 5.12. The summed E-state index contributed by atoms with van der Waals surface area (Å²) in [6.45, 7) is 2.28. The van der Waals surface area contributed by atoms with E-state index < -0.39 is 22.6 Å². The molecule has 1 heterocycles. The molecule has 0 saturated carbocycles. The number of nitrogens with one attached hydrogen (secondary N) is 1. The molecule has 0 spiro atoms. The molecular formula is C19H16F3N5O3S. The zero-order valence-electron chi connectivity index (χ0n) is 16.1. The molecule has 3 rings (SSSR count). The van der Waals surface area contributed by atoms with E-state index in [1.165, 1.54) is 30.3 Å². The second kappa shape index (κ2) is 9.16. The van der Waals surface area contributed by atoms with Gasteiger partial charge in [0.25, 0.3) is 5.69 Å². The number of alkyl halides is 3. The van der Waals surface area contributed by atoms with E-state index >= 15 is 0 Å². The average molecular weight is 451 g/mol. The Labute approximate surface area is 178 Å². The number of anilines is 1. The first-order valence-corrected chi connectivity index (χ1v) is 9.95. The van der Waals surface area contributed by atoms with Crippen molar-refractivity contribution in [2.45, 2.75) is 24.8 Å². The molecule has 3 aromatic rings. The molecule has 0 unspecified atom stereocenters. The van der Waals surface area contributed by atoms with Gasteiger partial charge in [0.2, 0.25) is 5.91 Å². The number of aromatic nitrogens is 3. The van der Waals surface area contributed by atoms with Gasteiger partial charge in [0.15, 0.2) is 11.0 Å². The van der Waals surface area contributed by atoms with Crippen LogP contribution in [0.2, 0.25) is 0 Å². The molecule has 0 aliphatic rings. The largest absolute Gasteiger partial charge is 0.416 e. The van der Waals surface area contributed by atoms with Crippen LogP contribution >= 0.6 is 11.8 Å². The van der Waals surface area contributed by atoms with E-state index in [1.807, 2.05) is 6.92 Å². The Morgan fingerprint density at radius 3 is 2.61 bits per heavy atom. The zero-order valence-corrected chi connectivity index (χ0v) is 16.9. The van der Waals surface area contributed by atoms with Crippen molar-refractivity contribution < 1.29 is 22.9 Å². The van der Waals surface area contributed by atoms with Crippen molar-refractivity contribution in [3.05, 3.63) is 64.2 Å². The molecule has 162 valence electrons. The lowest BCUT2D eigenvalue weighted by atomic mass is 10.2. The van der Waals surface area contributed by atoms with Crippen molar-refractivity contribution in [2.75, 3.05) is 11.1 Å². The second-order valence-corrected chi connectivity index (χ2v) is 7.22. The number of hydrogen-bond acceptors (Lipinski definition) is 6. The predicted molar refractivity (Wildman–Crippen MR) is 109 cm³/mol. The van der Waals surface area contributed by atoms with Crippen molar-refractivity contribution in [3.8, 4) is 11.4 Å². The Balaban J connectivity index is 1.71. The number of benzene rings is 2.